The maximum atomic E-state index is 4.76. The minimum absolute atomic E-state index is 0. The number of hydrogen-bond donors (Lipinski definition) is 0. The molecule has 0 spiro atoms. The van der Waals surface area contributed by atoms with Crippen LogP contribution in [0.2, 0.25) is 0 Å². The lowest BCUT2D eigenvalue weighted by molar-refractivity contribution is 1.01. The molecule has 0 radical (unpaired) electrons. The van der Waals surface area contributed by atoms with E-state index < -0.39 is 0 Å². The van der Waals surface area contributed by atoms with Crippen molar-refractivity contribution in [3.63, 3.8) is 0 Å². The molecule has 0 atom stereocenters. The number of imidazole rings is 1. The number of fused-ring (bicyclic) bond motifs is 1. The number of halogens is 1. The van der Waals surface area contributed by atoms with Crippen molar-refractivity contribution in [2.75, 3.05) is 0 Å². The summed E-state index contributed by atoms with van der Waals surface area (Å²) in [6.07, 6.45) is 5.94. The van der Waals surface area contributed by atoms with Gasteiger partial charge in [0.2, 0.25) is 0 Å². The molecule has 0 aliphatic carbocycles. The van der Waals surface area contributed by atoms with Gasteiger partial charge in [0.15, 0.2) is 0 Å². The standard InChI is InChI=1S/C21H17N3.ClH/c1-16-7-6-8-17(15-16)12-13-21-23-18-9-2-3-10-19(18)24(21)20-11-4-5-14-22-20;/h2-15H,1H3;1H. The van der Waals surface area contributed by atoms with Crippen LogP contribution in [0.5, 0.6) is 0 Å². The maximum Gasteiger partial charge on any atom is 0.139 e. The molecule has 0 amide bonds. The number of para-hydroxylation sites is 2. The molecule has 0 bridgehead atoms. The van der Waals surface area contributed by atoms with Gasteiger partial charge in [-0.05, 0) is 42.8 Å². The van der Waals surface area contributed by atoms with E-state index in [1.165, 1.54) is 5.56 Å². The number of aromatic nitrogens is 3. The Bertz CT molecular complexity index is 1020. The molecule has 0 aliphatic heterocycles. The third-order valence-electron chi connectivity index (χ3n) is 3.93. The second-order valence-corrected chi connectivity index (χ2v) is 5.73. The van der Waals surface area contributed by atoms with Gasteiger partial charge in [0.1, 0.15) is 11.6 Å². The summed E-state index contributed by atoms with van der Waals surface area (Å²) in [5, 5.41) is 0. The van der Waals surface area contributed by atoms with Crippen LogP contribution < -0.4 is 0 Å². The van der Waals surface area contributed by atoms with Crippen molar-refractivity contribution in [1.29, 1.82) is 0 Å². The third kappa shape index (κ3) is 3.47. The van der Waals surface area contributed by atoms with Gasteiger partial charge < -0.3 is 0 Å². The zero-order valence-electron chi connectivity index (χ0n) is 13.8. The lowest BCUT2D eigenvalue weighted by Gasteiger charge is -2.05. The second kappa shape index (κ2) is 7.32. The topological polar surface area (TPSA) is 30.7 Å². The Balaban J connectivity index is 0.00000182. The predicted molar refractivity (Wildman–Crippen MR) is 106 cm³/mol. The van der Waals surface area contributed by atoms with Gasteiger partial charge in [-0.15, -0.1) is 12.4 Å². The van der Waals surface area contributed by atoms with Crippen LogP contribution in [0, 0.1) is 6.92 Å². The van der Waals surface area contributed by atoms with Crippen molar-refractivity contribution in [1.82, 2.24) is 14.5 Å². The van der Waals surface area contributed by atoms with E-state index in [2.05, 4.69) is 52.9 Å². The van der Waals surface area contributed by atoms with Gasteiger partial charge in [-0.1, -0.05) is 54.1 Å². The Kier molecular flexibility index (Phi) is 4.96. The molecule has 3 nitrogen and oxygen atoms in total. The Labute approximate surface area is 153 Å². The number of benzene rings is 2. The van der Waals surface area contributed by atoms with E-state index in [4.69, 9.17) is 4.98 Å². The van der Waals surface area contributed by atoms with Crippen LogP contribution in [0.25, 0.3) is 29.0 Å². The molecule has 0 fully saturated rings. The van der Waals surface area contributed by atoms with Gasteiger partial charge >= 0.3 is 0 Å². The molecule has 0 saturated carbocycles. The van der Waals surface area contributed by atoms with E-state index in [0.29, 0.717) is 0 Å². The first kappa shape index (κ1) is 16.9. The molecule has 4 rings (SSSR count). The largest absolute Gasteiger partial charge is 0.277 e. The number of aryl methyl sites for hydroxylation is 1. The van der Waals surface area contributed by atoms with Gasteiger partial charge in [0, 0.05) is 6.20 Å². The van der Waals surface area contributed by atoms with E-state index >= 15 is 0 Å². The summed E-state index contributed by atoms with van der Waals surface area (Å²) in [5.41, 5.74) is 4.43. The summed E-state index contributed by atoms with van der Waals surface area (Å²) in [6.45, 7) is 2.10. The molecule has 124 valence electrons. The quantitative estimate of drug-likeness (QED) is 0.502. The van der Waals surface area contributed by atoms with E-state index in [1.54, 1.807) is 6.20 Å². The van der Waals surface area contributed by atoms with Gasteiger partial charge in [-0.2, -0.15) is 0 Å². The first-order valence-electron chi connectivity index (χ1n) is 7.95. The highest BCUT2D eigenvalue weighted by Gasteiger charge is 2.10. The molecule has 0 saturated heterocycles. The summed E-state index contributed by atoms with van der Waals surface area (Å²) < 4.78 is 2.08. The van der Waals surface area contributed by atoms with E-state index in [0.717, 1.165) is 28.2 Å². The van der Waals surface area contributed by atoms with E-state index in [1.807, 2.05) is 42.5 Å². The predicted octanol–water partition coefficient (Wildman–Crippen LogP) is 5.32. The Morgan fingerprint density at radius 1 is 0.880 bits per heavy atom. The fourth-order valence-electron chi connectivity index (χ4n) is 2.83. The molecular weight excluding hydrogens is 330 g/mol. The smallest absolute Gasteiger partial charge is 0.139 e. The second-order valence-electron chi connectivity index (χ2n) is 5.73. The SMILES string of the molecule is Cc1cccc(C=Cc2nc3ccccc3n2-c2ccccn2)c1.Cl. The average Bonchev–Trinajstić information content (AvgIpc) is 2.99. The van der Waals surface area contributed by atoms with Crippen molar-refractivity contribution < 1.29 is 0 Å². The van der Waals surface area contributed by atoms with Crippen LogP contribution in [-0.2, 0) is 0 Å². The van der Waals surface area contributed by atoms with Crippen molar-refractivity contribution in [2.45, 2.75) is 6.92 Å². The van der Waals surface area contributed by atoms with Crippen molar-refractivity contribution >= 4 is 35.6 Å². The minimum atomic E-state index is 0. The molecule has 0 N–H and O–H groups in total. The van der Waals surface area contributed by atoms with Crippen molar-refractivity contribution in [3.05, 3.63) is 89.9 Å². The summed E-state index contributed by atoms with van der Waals surface area (Å²) in [6, 6.07) is 22.5. The number of pyridine rings is 1. The first-order valence-corrected chi connectivity index (χ1v) is 7.95. The summed E-state index contributed by atoms with van der Waals surface area (Å²) >= 11 is 0. The molecule has 0 unspecified atom stereocenters. The van der Waals surface area contributed by atoms with E-state index in [-0.39, 0.29) is 12.4 Å². The Hall–Kier alpha value is -2.91. The van der Waals surface area contributed by atoms with E-state index in [9.17, 15) is 0 Å². The molecule has 4 heteroatoms. The summed E-state index contributed by atoms with van der Waals surface area (Å²) in [7, 11) is 0. The summed E-state index contributed by atoms with van der Waals surface area (Å²) in [4.78, 5) is 9.25. The third-order valence-corrected chi connectivity index (χ3v) is 3.93. The highest BCUT2D eigenvalue weighted by Crippen LogP contribution is 2.21. The monoisotopic (exact) mass is 347 g/mol. The Morgan fingerprint density at radius 3 is 2.52 bits per heavy atom. The number of hydrogen-bond acceptors (Lipinski definition) is 2. The normalized spacial score (nSPS) is 10.9. The number of rotatable bonds is 3. The van der Waals surface area contributed by atoms with Crippen LogP contribution in [-0.4, -0.2) is 14.5 Å². The highest BCUT2D eigenvalue weighted by molar-refractivity contribution is 5.85. The lowest BCUT2D eigenvalue weighted by atomic mass is 10.1. The fourth-order valence-corrected chi connectivity index (χ4v) is 2.83. The van der Waals surface area contributed by atoms with Crippen LogP contribution in [0.3, 0.4) is 0 Å². The zero-order valence-corrected chi connectivity index (χ0v) is 14.6. The molecule has 0 aliphatic rings. The maximum absolute atomic E-state index is 4.76. The minimum Gasteiger partial charge on any atom is -0.277 e. The molecule has 2 aromatic carbocycles. The first-order chi connectivity index (χ1) is 11.8. The molecule has 2 aromatic heterocycles. The van der Waals surface area contributed by atoms with Gasteiger partial charge in [0.25, 0.3) is 0 Å². The van der Waals surface area contributed by atoms with Crippen LogP contribution in [0.1, 0.15) is 17.0 Å². The fraction of sp³-hybridized carbons (Fsp3) is 0.0476. The molecule has 2 heterocycles. The molecule has 4 aromatic rings. The highest BCUT2D eigenvalue weighted by atomic mass is 35.5. The summed E-state index contributed by atoms with van der Waals surface area (Å²) in [5.74, 6) is 1.74. The van der Waals surface area contributed by atoms with Gasteiger partial charge in [-0.3, -0.25) is 4.57 Å². The zero-order chi connectivity index (χ0) is 16.4. The average molecular weight is 348 g/mol. The van der Waals surface area contributed by atoms with Crippen LogP contribution >= 0.6 is 12.4 Å². The van der Waals surface area contributed by atoms with Gasteiger partial charge in [0.05, 0.1) is 11.0 Å². The lowest BCUT2D eigenvalue weighted by Crippen LogP contribution is -1.99. The Morgan fingerprint density at radius 2 is 1.72 bits per heavy atom. The van der Waals surface area contributed by atoms with Crippen LogP contribution in [0.4, 0.5) is 0 Å². The molecule has 25 heavy (non-hydrogen) atoms. The van der Waals surface area contributed by atoms with Crippen LogP contribution in [0.15, 0.2) is 72.9 Å². The van der Waals surface area contributed by atoms with Gasteiger partial charge in [-0.25, -0.2) is 9.97 Å². The number of nitrogens with zero attached hydrogens (tertiary/aromatic N) is 3. The molecular formula is C21H18ClN3. The van der Waals surface area contributed by atoms with Crippen molar-refractivity contribution in [2.24, 2.45) is 0 Å². The van der Waals surface area contributed by atoms with Crippen molar-refractivity contribution in [3.8, 4) is 5.82 Å².